The Morgan fingerprint density at radius 3 is 2.35 bits per heavy atom. The number of rotatable bonds is 5. The summed E-state index contributed by atoms with van der Waals surface area (Å²) in [5.41, 5.74) is 5.53. The standard InChI is InChI=1S/C18H25NS/c1-6-9-19-17(18-14(4)11-15(5)20-18)16-8-7-12(2)10-13(16)3/h7-8,10-11,17,19H,6,9H2,1-5H3. The minimum absolute atomic E-state index is 0.328. The van der Waals surface area contributed by atoms with Crippen LogP contribution in [0.4, 0.5) is 0 Å². The van der Waals surface area contributed by atoms with Crippen LogP contribution in [0, 0.1) is 27.7 Å². The smallest absolute Gasteiger partial charge is 0.0676 e. The predicted octanol–water partition coefficient (Wildman–Crippen LogP) is 5.07. The molecule has 2 aromatic rings. The molecule has 20 heavy (non-hydrogen) atoms. The molecule has 108 valence electrons. The first-order valence-electron chi connectivity index (χ1n) is 7.40. The molecule has 0 spiro atoms. The number of thiophene rings is 1. The van der Waals surface area contributed by atoms with E-state index >= 15 is 0 Å². The molecule has 0 radical (unpaired) electrons. The van der Waals surface area contributed by atoms with Crippen molar-refractivity contribution in [2.75, 3.05) is 6.54 Å². The van der Waals surface area contributed by atoms with Gasteiger partial charge in [-0.15, -0.1) is 11.3 Å². The average molecular weight is 287 g/mol. The first kappa shape index (κ1) is 15.3. The summed E-state index contributed by atoms with van der Waals surface area (Å²) in [7, 11) is 0. The molecule has 2 rings (SSSR count). The van der Waals surface area contributed by atoms with Crippen molar-refractivity contribution in [3.05, 3.63) is 56.3 Å². The highest BCUT2D eigenvalue weighted by Gasteiger charge is 2.19. The van der Waals surface area contributed by atoms with E-state index in [0.29, 0.717) is 6.04 Å². The number of hydrogen-bond donors (Lipinski definition) is 1. The van der Waals surface area contributed by atoms with Crippen LogP contribution in [0.3, 0.4) is 0 Å². The Bertz CT molecular complexity index is 583. The van der Waals surface area contributed by atoms with Gasteiger partial charge in [0.2, 0.25) is 0 Å². The lowest BCUT2D eigenvalue weighted by atomic mass is 9.96. The third-order valence-corrected chi connectivity index (χ3v) is 4.89. The van der Waals surface area contributed by atoms with Crippen LogP contribution in [0.5, 0.6) is 0 Å². The maximum Gasteiger partial charge on any atom is 0.0676 e. The molecule has 1 unspecified atom stereocenters. The van der Waals surface area contributed by atoms with Gasteiger partial charge in [0.15, 0.2) is 0 Å². The van der Waals surface area contributed by atoms with Gasteiger partial charge in [0, 0.05) is 9.75 Å². The fourth-order valence-electron chi connectivity index (χ4n) is 2.73. The van der Waals surface area contributed by atoms with Gasteiger partial charge in [-0.05, 0) is 63.4 Å². The lowest BCUT2D eigenvalue weighted by Crippen LogP contribution is -2.23. The molecule has 0 aliphatic rings. The Balaban J connectivity index is 2.44. The van der Waals surface area contributed by atoms with Crippen molar-refractivity contribution < 1.29 is 0 Å². The Hall–Kier alpha value is -1.12. The van der Waals surface area contributed by atoms with Gasteiger partial charge in [-0.1, -0.05) is 30.7 Å². The van der Waals surface area contributed by atoms with Crippen molar-refractivity contribution in [1.82, 2.24) is 5.32 Å². The Labute approximate surface area is 127 Å². The normalized spacial score (nSPS) is 12.7. The summed E-state index contributed by atoms with van der Waals surface area (Å²) >= 11 is 1.92. The minimum atomic E-state index is 0.328. The van der Waals surface area contributed by atoms with E-state index in [1.807, 2.05) is 11.3 Å². The van der Waals surface area contributed by atoms with E-state index in [9.17, 15) is 0 Å². The lowest BCUT2D eigenvalue weighted by molar-refractivity contribution is 0.601. The molecule has 0 saturated carbocycles. The first-order valence-corrected chi connectivity index (χ1v) is 8.22. The fourth-order valence-corrected chi connectivity index (χ4v) is 3.86. The van der Waals surface area contributed by atoms with Crippen molar-refractivity contribution in [2.45, 2.75) is 47.1 Å². The second kappa shape index (κ2) is 6.55. The molecular formula is C18H25NS. The van der Waals surface area contributed by atoms with Crippen LogP contribution in [-0.4, -0.2) is 6.54 Å². The van der Waals surface area contributed by atoms with Crippen LogP contribution in [0.2, 0.25) is 0 Å². The second-order valence-corrected chi connectivity index (χ2v) is 6.94. The summed E-state index contributed by atoms with van der Waals surface area (Å²) in [6.07, 6.45) is 1.16. The fraction of sp³-hybridized carbons (Fsp3) is 0.444. The molecule has 1 nitrogen and oxygen atoms in total. The van der Waals surface area contributed by atoms with E-state index in [1.165, 1.54) is 32.0 Å². The van der Waals surface area contributed by atoms with E-state index in [0.717, 1.165) is 13.0 Å². The van der Waals surface area contributed by atoms with Crippen LogP contribution < -0.4 is 5.32 Å². The van der Waals surface area contributed by atoms with Crippen LogP contribution in [0.15, 0.2) is 24.3 Å². The van der Waals surface area contributed by atoms with Gasteiger partial charge in [0.05, 0.1) is 6.04 Å². The predicted molar refractivity (Wildman–Crippen MR) is 89.8 cm³/mol. The molecule has 0 amide bonds. The quantitative estimate of drug-likeness (QED) is 0.809. The molecule has 0 bridgehead atoms. The SMILES string of the molecule is CCCNC(c1ccc(C)cc1C)c1sc(C)cc1C. The van der Waals surface area contributed by atoms with Crippen molar-refractivity contribution in [3.8, 4) is 0 Å². The maximum absolute atomic E-state index is 3.73. The number of hydrogen-bond acceptors (Lipinski definition) is 2. The summed E-state index contributed by atoms with van der Waals surface area (Å²) in [5, 5.41) is 3.73. The largest absolute Gasteiger partial charge is 0.306 e. The van der Waals surface area contributed by atoms with Gasteiger partial charge < -0.3 is 5.32 Å². The van der Waals surface area contributed by atoms with Gasteiger partial charge in [-0.25, -0.2) is 0 Å². The van der Waals surface area contributed by atoms with Crippen molar-refractivity contribution in [2.24, 2.45) is 0 Å². The number of nitrogens with one attached hydrogen (secondary N) is 1. The van der Waals surface area contributed by atoms with Gasteiger partial charge in [0.25, 0.3) is 0 Å². The van der Waals surface area contributed by atoms with Crippen LogP contribution in [-0.2, 0) is 0 Å². The van der Waals surface area contributed by atoms with E-state index in [4.69, 9.17) is 0 Å². The Kier molecular flexibility index (Phi) is 5.00. The van der Waals surface area contributed by atoms with Gasteiger partial charge in [-0.2, -0.15) is 0 Å². The van der Waals surface area contributed by atoms with Crippen LogP contribution in [0.1, 0.15) is 51.4 Å². The van der Waals surface area contributed by atoms with Crippen molar-refractivity contribution in [1.29, 1.82) is 0 Å². The Morgan fingerprint density at radius 1 is 1.05 bits per heavy atom. The summed E-state index contributed by atoms with van der Waals surface area (Å²) in [4.78, 5) is 2.86. The topological polar surface area (TPSA) is 12.0 Å². The van der Waals surface area contributed by atoms with E-state index in [-0.39, 0.29) is 0 Å². The zero-order chi connectivity index (χ0) is 14.7. The molecule has 1 heterocycles. The molecular weight excluding hydrogens is 262 g/mol. The first-order chi connectivity index (χ1) is 9.52. The van der Waals surface area contributed by atoms with Crippen molar-refractivity contribution in [3.63, 3.8) is 0 Å². The third kappa shape index (κ3) is 3.31. The lowest BCUT2D eigenvalue weighted by Gasteiger charge is -2.21. The van der Waals surface area contributed by atoms with Crippen LogP contribution >= 0.6 is 11.3 Å². The number of aryl methyl sites for hydroxylation is 4. The highest BCUT2D eigenvalue weighted by molar-refractivity contribution is 7.12. The van der Waals surface area contributed by atoms with Gasteiger partial charge in [-0.3, -0.25) is 0 Å². The average Bonchev–Trinajstić information content (AvgIpc) is 2.71. The molecule has 0 fully saturated rings. The molecule has 0 aliphatic carbocycles. The molecule has 0 saturated heterocycles. The van der Waals surface area contributed by atoms with E-state index in [2.05, 4.69) is 64.2 Å². The maximum atomic E-state index is 3.73. The van der Waals surface area contributed by atoms with Gasteiger partial charge >= 0.3 is 0 Å². The molecule has 1 atom stereocenters. The zero-order valence-electron chi connectivity index (χ0n) is 13.2. The summed E-state index contributed by atoms with van der Waals surface area (Å²) < 4.78 is 0. The minimum Gasteiger partial charge on any atom is -0.306 e. The third-order valence-electron chi connectivity index (χ3n) is 3.68. The summed E-state index contributed by atoms with van der Waals surface area (Å²) in [5.74, 6) is 0. The molecule has 2 heteroatoms. The molecule has 1 N–H and O–H groups in total. The van der Waals surface area contributed by atoms with Gasteiger partial charge in [0.1, 0.15) is 0 Å². The molecule has 0 aliphatic heterocycles. The summed E-state index contributed by atoms with van der Waals surface area (Å²) in [6, 6.07) is 9.41. The second-order valence-electron chi connectivity index (χ2n) is 5.65. The number of benzene rings is 1. The summed E-state index contributed by atoms with van der Waals surface area (Å²) in [6.45, 7) is 12.1. The monoisotopic (exact) mass is 287 g/mol. The zero-order valence-corrected chi connectivity index (χ0v) is 14.0. The van der Waals surface area contributed by atoms with Crippen LogP contribution in [0.25, 0.3) is 0 Å². The molecule has 1 aromatic heterocycles. The highest BCUT2D eigenvalue weighted by atomic mass is 32.1. The van der Waals surface area contributed by atoms with Crippen molar-refractivity contribution >= 4 is 11.3 Å². The molecule has 1 aromatic carbocycles. The Morgan fingerprint density at radius 2 is 1.80 bits per heavy atom. The highest BCUT2D eigenvalue weighted by Crippen LogP contribution is 2.33. The van der Waals surface area contributed by atoms with E-state index < -0.39 is 0 Å². The van der Waals surface area contributed by atoms with E-state index in [1.54, 1.807) is 0 Å².